The summed E-state index contributed by atoms with van der Waals surface area (Å²) in [5.74, 6) is -0.451. The van der Waals surface area contributed by atoms with Gasteiger partial charge in [-0.25, -0.2) is 4.79 Å². The number of aliphatic hydroxyl groups excluding tert-OH is 2. The summed E-state index contributed by atoms with van der Waals surface area (Å²) in [6.07, 6.45) is -0.992. The molecule has 0 saturated carbocycles. The van der Waals surface area contributed by atoms with Gasteiger partial charge in [0.2, 0.25) is 0 Å². The van der Waals surface area contributed by atoms with Crippen molar-refractivity contribution in [2.24, 2.45) is 0 Å². The first-order valence-electron chi connectivity index (χ1n) is 4.09. The molecule has 0 aromatic carbocycles. The molecule has 4 heteroatoms. The Labute approximate surface area is 77.8 Å². The minimum absolute atomic E-state index is 0.167. The van der Waals surface area contributed by atoms with E-state index in [1.807, 2.05) is 0 Å². The van der Waals surface area contributed by atoms with Gasteiger partial charge in [0.15, 0.2) is 0 Å². The number of esters is 1. The molecule has 76 valence electrons. The minimum atomic E-state index is -0.992. The van der Waals surface area contributed by atoms with Gasteiger partial charge in [0, 0.05) is 5.57 Å². The highest BCUT2D eigenvalue weighted by molar-refractivity contribution is 5.88. The first kappa shape index (κ1) is 12.1. The van der Waals surface area contributed by atoms with Gasteiger partial charge in [-0.2, -0.15) is 0 Å². The lowest BCUT2D eigenvalue weighted by Gasteiger charge is -2.09. The van der Waals surface area contributed by atoms with E-state index in [0.29, 0.717) is 5.57 Å². The molecule has 0 aliphatic carbocycles. The Balaban J connectivity index is 3.96. The zero-order valence-corrected chi connectivity index (χ0v) is 8.20. The second kappa shape index (κ2) is 5.72. The number of aliphatic hydroxyl groups is 2. The summed E-state index contributed by atoms with van der Waals surface area (Å²) < 4.78 is 4.71. The smallest absolute Gasteiger partial charge is 0.333 e. The molecular weight excluding hydrogens is 172 g/mol. The van der Waals surface area contributed by atoms with Gasteiger partial charge in [0.05, 0.1) is 6.61 Å². The lowest BCUT2D eigenvalue weighted by Crippen LogP contribution is -2.22. The largest absolute Gasteiger partial charge is 0.459 e. The molecule has 0 aromatic heterocycles. The van der Waals surface area contributed by atoms with E-state index in [0.717, 1.165) is 5.57 Å². The fourth-order valence-electron chi connectivity index (χ4n) is 0.537. The highest BCUT2D eigenvalue weighted by Crippen LogP contribution is 2.04. The van der Waals surface area contributed by atoms with Crippen molar-refractivity contribution in [3.8, 4) is 0 Å². The molecule has 0 bridgehead atoms. The normalized spacial score (nSPS) is 12.1. The predicted octanol–water partition coefficient (Wildman–Crippen LogP) is 0.239. The molecule has 0 aliphatic heterocycles. The van der Waals surface area contributed by atoms with Gasteiger partial charge in [-0.15, -0.1) is 0 Å². The minimum Gasteiger partial charge on any atom is -0.459 e. The summed E-state index contributed by atoms with van der Waals surface area (Å²) in [5, 5.41) is 17.3. The number of hydrogen-bond acceptors (Lipinski definition) is 4. The molecule has 1 unspecified atom stereocenters. The molecule has 0 spiro atoms. The number of carbonyl (C=O) groups excluding carboxylic acids is 1. The van der Waals surface area contributed by atoms with Crippen LogP contribution in [0.3, 0.4) is 0 Å². The van der Waals surface area contributed by atoms with Crippen LogP contribution in [0.15, 0.2) is 11.1 Å². The van der Waals surface area contributed by atoms with Gasteiger partial charge in [-0.05, 0) is 20.8 Å². The molecule has 0 amide bonds. The van der Waals surface area contributed by atoms with Crippen LogP contribution in [0.5, 0.6) is 0 Å². The van der Waals surface area contributed by atoms with Crippen molar-refractivity contribution in [1.29, 1.82) is 0 Å². The van der Waals surface area contributed by atoms with Gasteiger partial charge < -0.3 is 14.9 Å². The van der Waals surface area contributed by atoms with Crippen molar-refractivity contribution in [2.75, 3.05) is 13.2 Å². The van der Waals surface area contributed by atoms with Crippen LogP contribution in [0.2, 0.25) is 0 Å². The average Bonchev–Trinajstić information content (AvgIpc) is 2.11. The predicted molar refractivity (Wildman–Crippen MR) is 48.1 cm³/mol. The zero-order valence-electron chi connectivity index (χ0n) is 8.20. The van der Waals surface area contributed by atoms with Crippen molar-refractivity contribution in [3.05, 3.63) is 11.1 Å². The number of ether oxygens (including phenoxy) is 1. The van der Waals surface area contributed by atoms with Crippen LogP contribution in [0.25, 0.3) is 0 Å². The molecule has 1 atom stereocenters. The van der Waals surface area contributed by atoms with Gasteiger partial charge in [-0.3, -0.25) is 0 Å². The third kappa shape index (κ3) is 4.65. The molecule has 0 rings (SSSR count). The highest BCUT2D eigenvalue weighted by Gasteiger charge is 2.09. The molecule has 0 heterocycles. The zero-order chi connectivity index (χ0) is 10.4. The van der Waals surface area contributed by atoms with Crippen LogP contribution in [0.1, 0.15) is 20.8 Å². The second-order valence-electron chi connectivity index (χ2n) is 3.06. The Morgan fingerprint density at radius 2 is 1.92 bits per heavy atom. The highest BCUT2D eigenvalue weighted by atomic mass is 16.5. The topological polar surface area (TPSA) is 66.8 Å². The molecule has 0 aromatic rings. The number of rotatable bonds is 4. The van der Waals surface area contributed by atoms with E-state index in [1.54, 1.807) is 20.8 Å². The molecule has 4 nitrogen and oxygen atoms in total. The van der Waals surface area contributed by atoms with Crippen molar-refractivity contribution < 1.29 is 19.7 Å². The molecule has 0 aliphatic rings. The summed E-state index contributed by atoms with van der Waals surface area (Å²) >= 11 is 0. The van der Waals surface area contributed by atoms with Crippen LogP contribution in [-0.2, 0) is 9.53 Å². The SMILES string of the molecule is CC(C)=C(C)C(=O)OCC(O)CO. The van der Waals surface area contributed by atoms with E-state index < -0.39 is 18.7 Å². The lowest BCUT2D eigenvalue weighted by atomic mass is 10.2. The molecule has 0 radical (unpaired) electrons. The van der Waals surface area contributed by atoms with E-state index in [1.165, 1.54) is 0 Å². The molecule has 0 fully saturated rings. The maximum Gasteiger partial charge on any atom is 0.333 e. The molecule has 2 N–H and O–H groups in total. The van der Waals surface area contributed by atoms with Crippen molar-refractivity contribution in [2.45, 2.75) is 26.9 Å². The van der Waals surface area contributed by atoms with E-state index in [4.69, 9.17) is 14.9 Å². The fourth-order valence-corrected chi connectivity index (χ4v) is 0.537. The van der Waals surface area contributed by atoms with Crippen LogP contribution >= 0.6 is 0 Å². The third-order valence-corrected chi connectivity index (χ3v) is 1.67. The summed E-state index contributed by atoms with van der Waals surface area (Å²) in [4.78, 5) is 11.1. The van der Waals surface area contributed by atoms with E-state index in [9.17, 15) is 4.79 Å². The van der Waals surface area contributed by atoms with E-state index in [2.05, 4.69) is 0 Å². The first-order valence-corrected chi connectivity index (χ1v) is 4.09. The van der Waals surface area contributed by atoms with Crippen LogP contribution in [0, 0.1) is 0 Å². The first-order chi connectivity index (χ1) is 5.99. The maximum atomic E-state index is 11.1. The van der Waals surface area contributed by atoms with Crippen molar-refractivity contribution >= 4 is 5.97 Å². The Morgan fingerprint density at radius 1 is 1.38 bits per heavy atom. The van der Waals surface area contributed by atoms with Gasteiger partial charge >= 0.3 is 5.97 Å². The standard InChI is InChI=1S/C9H16O4/c1-6(2)7(3)9(12)13-5-8(11)4-10/h8,10-11H,4-5H2,1-3H3. The van der Waals surface area contributed by atoms with Gasteiger partial charge in [0.25, 0.3) is 0 Å². The van der Waals surface area contributed by atoms with Crippen LogP contribution < -0.4 is 0 Å². The van der Waals surface area contributed by atoms with Crippen LogP contribution in [0.4, 0.5) is 0 Å². The summed E-state index contributed by atoms with van der Waals surface area (Å²) in [6, 6.07) is 0. The summed E-state index contributed by atoms with van der Waals surface area (Å²) in [7, 11) is 0. The molecule has 0 saturated heterocycles. The van der Waals surface area contributed by atoms with Gasteiger partial charge in [0.1, 0.15) is 12.7 Å². The number of allylic oxidation sites excluding steroid dienone is 1. The average molecular weight is 188 g/mol. The summed E-state index contributed by atoms with van der Waals surface area (Å²) in [5.41, 5.74) is 1.41. The Bertz CT molecular complexity index is 204. The van der Waals surface area contributed by atoms with E-state index in [-0.39, 0.29) is 6.61 Å². The Hall–Kier alpha value is -0.870. The quantitative estimate of drug-likeness (QED) is 0.490. The molecular formula is C9H16O4. The van der Waals surface area contributed by atoms with Crippen molar-refractivity contribution in [1.82, 2.24) is 0 Å². The van der Waals surface area contributed by atoms with Crippen LogP contribution in [-0.4, -0.2) is 35.5 Å². The lowest BCUT2D eigenvalue weighted by molar-refractivity contribution is -0.142. The second-order valence-corrected chi connectivity index (χ2v) is 3.06. The van der Waals surface area contributed by atoms with Crippen molar-refractivity contribution in [3.63, 3.8) is 0 Å². The van der Waals surface area contributed by atoms with E-state index >= 15 is 0 Å². The summed E-state index contributed by atoms with van der Waals surface area (Å²) in [6.45, 7) is 4.70. The third-order valence-electron chi connectivity index (χ3n) is 1.67. The Kier molecular flexibility index (Phi) is 5.34. The monoisotopic (exact) mass is 188 g/mol. The maximum absolute atomic E-state index is 11.1. The molecule has 13 heavy (non-hydrogen) atoms. The number of hydrogen-bond donors (Lipinski definition) is 2. The number of carbonyl (C=O) groups is 1. The fraction of sp³-hybridized carbons (Fsp3) is 0.667. The van der Waals surface area contributed by atoms with Gasteiger partial charge in [-0.1, -0.05) is 5.57 Å². The Morgan fingerprint density at radius 3 is 2.31 bits per heavy atom.